The summed E-state index contributed by atoms with van der Waals surface area (Å²) >= 11 is 9.85. The Hall–Kier alpha value is -4.28. The number of likely N-dealkylation sites (tertiary alicyclic amines) is 1. The Kier molecular flexibility index (Phi) is 7.40. The summed E-state index contributed by atoms with van der Waals surface area (Å²) in [5, 5.41) is 21.0. The molecule has 234 valence electrons. The molecule has 4 aliphatic rings. The second-order valence-corrected chi connectivity index (χ2v) is 13.6. The van der Waals surface area contributed by atoms with Gasteiger partial charge < -0.3 is 10.2 Å². The van der Waals surface area contributed by atoms with E-state index in [-0.39, 0.29) is 31.6 Å². The van der Waals surface area contributed by atoms with Crippen LogP contribution >= 0.6 is 27.5 Å². The van der Waals surface area contributed by atoms with Crippen LogP contribution < -0.4 is 4.90 Å². The number of aliphatic carboxylic acids is 1. The molecule has 2 saturated heterocycles. The van der Waals surface area contributed by atoms with E-state index in [0.717, 1.165) is 4.90 Å². The average molecular weight is 704 g/mol. The van der Waals surface area contributed by atoms with Gasteiger partial charge in [0.2, 0.25) is 23.6 Å². The van der Waals surface area contributed by atoms with Crippen LogP contribution in [0.25, 0.3) is 0 Å². The van der Waals surface area contributed by atoms with E-state index in [4.69, 9.17) is 11.6 Å². The molecular formula is C35H28BrClN2O7. The summed E-state index contributed by atoms with van der Waals surface area (Å²) in [7, 11) is 0. The summed E-state index contributed by atoms with van der Waals surface area (Å²) in [4.78, 5) is 70.8. The number of phenolic OH excluding ortho intramolecular Hbond substituents is 1. The lowest BCUT2D eigenvalue weighted by molar-refractivity contribution is -0.142. The minimum absolute atomic E-state index is 0.0794. The highest BCUT2D eigenvalue weighted by atomic mass is 79.9. The average Bonchev–Trinajstić information content (AvgIpc) is 3.42. The second-order valence-electron chi connectivity index (χ2n) is 12.3. The quantitative estimate of drug-likeness (QED) is 0.258. The van der Waals surface area contributed by atoms with Crippen LogP contribution in [0.2, 0.25) is 5.02 Å². The van der Waals surface area contributed by atoms with Crippen molar-refractivity contribution in [2.75, 3.05) is 11.4 Å². The van der Waals surface area contributed by atoms with E-state index in [1.54, 1.807) is 48.5 Å². The largest absolute Gasteiger partial charge is 0.508 e. The van der Waals surface area contributed by atoms with Crippen LogP contribution in [0.4, 0.5) is 5.69 Å². The molecule has 3 aromatic carbocycles. The third kappa shape index (κ3) is 4.37. The van der Waals surface area contributed by atoms with Gasteiger partial charge in [-0.2, -0.15) is 0 Å². The molecule has 3 fully saturated rings. The molecule has 4 amide bonds. The summed E-state index contributed by atoms with van der Waals surface area (Å²) in [6, 6.07) is 20.5. The molecule has 2 aliphatic heterocycles. The van der Waals surface area contributed by atoms with E-state index in [1.807, 2.05) is 24.3 Å². The lowest BCUT2D eigenvalue weighted by Gasteiger charge is -2.50. The highest BCUT2D eigenvalue weighted by Gasteiger charge is 2.70. The molecule has 0 aromatic heterocycles. The van der Waals surface area contributed by atoms with Gasteiger partial charge in [0, 0.05) is 27.5 Å². The highest BCUT2D eigenvalue weighted by molar-refractivity contribution is 9.10. The van der Waals surface area contributed by atoms with E-state index >= 15 is 4.79 Å². The normalized spacial score (nSPS) is 28.6. The number of hydrogen-bond acceptors (Lipinski definition) is 6. The number of nitrogens with zero attached hydrogens (tertiary/aromatic N) is 2. The van der Waals surface area contributed by atoms with Crippen molar-refractivity contribution in [3.63, 3.8) is 0 Å². The predicted octanol–water partition coefficient (Wildman–Crippen LogP) is 5.45. The zero-order chi connectivity index (χ0) is 32.5. The molecule has 2 N–H and O–H groups in total. The van der Waals surface area contributed by atoms with Crippen molar-refractivity contribution in [2.24, 2.45) is 23.7 Å². The van der Waals surface area contributed by atoms with Gasteiger partial charge >= 0.3 is 5.97 Å². The minimum Gasteiger partial charge on any atom is -0.508 e. The Morgan fingerprint density at radius 1 is 0.935 bits per heavy atom. The second kappa shape index (κ2) is 11.2. The summed E-state index contributed by atoms with van der Waals surface area (Å²) in [6.45, 7) is -0.241. The number of phenols is 1. The minimum atomic E-state index is -1.51. The first-order chi connectivity index (χ1) is 22.0. The Morgan fingerprint density at radius 3 is 2.41 bits per heavy atom. The lowest BCUT2D eigenvalue weighted by Crippen LogP contribution is -2.53. The molecule has 46 heavy (non-hydrogen) atoms. The van der Waals surface area contributed by atoms with Gasteiger partial charge in [-0.1, -0.05) is 75.6 Å². The highest BCUT2D eigenvalue weighted by Crippen LogP contribution is 2.65. The number of anilines is 1. The van der Waals surface area contributed by atoms with Crippen LogP contribution in [0.1, 0.15) is 36.3 Å². The zero-order valence-electron chi connectivity index (χ0n) is 24.3. The third-order valence-electron chi connectivity index (χ3n) is 10.1. The maximum absolute atomic E-state index is 15.1. The number of carbonyl (C=O) groups is 5. The van der Waals surface area contributed by atoms with Crippen molar-refractivity contribution < 1.29 is 34.2 Å². The number of carbonyl (C=O) groups excluding carboxylic acids is 4. The number of amides is 4. The predicted molar refractivity (Wildman–Crippen MR) is 171 cm³/mol. The van der Waals surface area contributed by atoms with Crippen molar-refractivity contribution in [1.82, 2.24) is 4.90 Å². The van der Waals surface area contributed by atoms with Crippen molar-refractivity contribution in [3.8, 4) is 5.75 Å². The molecule has 7 rings (SSSR count). The van der Waals surface area contributed by atoms with Gasteiger partial charge in [-0.3, -0.25) is 28.9 Å². The van der Waals surface area contributed by atoms with Gasteiger partial charge in [0.15, 0.2) is 0 Å². The van der Waals surface area contributed by atoms with E-state index in [2.05, 4.69) is 15.9 Å². The lowest BCUT2D eigenvalue weighted by atomic mass is 9.49. The van der Waals surface area contributed by atoms with Gasteiger partial charge in [0.05, 0.1) is 35.3 Å². The van der Waals surface area contributed by atoms with Crippen LogP contribution in [-0.4, -0.2) is 51.3 Å². The number of hydrogen-bond donors (Lipinski definition) is 2. The number of fused-ring (bicyclic) bond motifs is 4. The van der Waals surface area contributed by atoms with Gasteiger partial charge in [-0.15, -0.1) is 0 Å². The zero-order valence-corrected chi connectivity index (χ0v) is 26.6. The Balaban J connectivity index is 1.47. The first kappa shape index (κ1) is 30.4. The van der Waals surface area contributed by atoms with Crippen molar-refractivity contribution >= 4 is 62.8 Å². The number of benzene rings is 3. The number of rotatable bonds is 6. The first-order valence-electron chi connectivity index (χ1n) is 15.0. The summed E-state index contributed by atoms with van der Waals surface area (Å²) in [6.07, 6.45) is 1.81. The molecule has 0 radical (unpaired) electrons. The van der Waals surface area contributed by atoms with Gasteiger partial charge in [0.1, 0.15) is 5.75 Å². The fraction of sp³-hybridized carbons (Fsp3) is 0.286. The number of carboxylic acids is 1. The molecule has 11 heteroatoms. The maximum atomic E-state index is 15.1. The van der Waals surface area contributed by atoms with E-state index in [1.165, 1.54) is 11.0 Å². The van der Waals surface area contributed by atoms with E-state index in [0.29, 0.717) is 31.9 Å². The molecule has 0 spiro atoms. The Morgan fingerprint density at radius 2 is 1.70 bits per heavy atom. The maximum Gasteiger partial charge on any atom is 0.305 e. The molecule has 2 aliphatic carbocycles. The summed E-state index contributed by atoms with van der Waals surface area (Å²) in [5.41, 5.74) is 0.496. The number of carboxylic acid groups (broad SMARTS) is 1. The SMILES string of the molecule is O=C(O)CCN1C(=O)C2CC=C3C(CC4C(=O)N(c5cccc(Cl)c5)C(=O)C4(c4ccccc4)C3c3cc(Br)ccc3O)C2C1=O. The molecule has 1 saturated carbocycles. The van der Waals surface area contributed by atoms with E-state index in [9.17, 15) is 29.4 Å². The number of aromatic hydroxyl groups is 1. The Labute approximate surface area is 277 Å². The first-order valence-corrected chi connectivity index (χ1v) is 16.2. The summed E-state index contributed by atoms with van der Waals surface area (Å²) < 4.78 is 0.645. The summed E-state index contributed by atoms with van der Waals surface area (Å²) in [5.74, 6) is -7.06. The number of halogens is 2. The molecule has 9 nitrogen and oxygen atoms in total. The van der Waals surface area contributed by atoms with Gasteiger partial charge in [-0.05, 0) is 60.7 Å². The molecule has 6 unspecified atom stereocenters. The monoisotopic (exact) mass is 702 g/mol. The molecular weight excluding hydrogens is 676 g/mol. The van der Waals surface area contributed by atoms with Gasteiger partial charge in [0.25, 0.3) is 0 Å². The number of imide groups is 2. The topological polar surface area (TPSA) is 132 Å². The van der Waals surface area contributed by atoms with Crippen LogP contribution in [0.15, 0.2) is 88.9 Å². The fourth-order valence-corrected chi connectivity index (χ4v) is 8.90. The third-order valence-corrected chi connectivity index (χ3v) is 10.8. The number of allylic oxidation sites excluding steroid dienone is 2. The van der Waals surface area contributed by atoms with Crippen LogP contribution in [0.3, 0.4) is 0 Å². The fourth-order valence-electron chi connectivity index (χ4n) is 8.34. The van der Waals surface area contributed by atoms with Crippen LogP contribution in [-0.2, 0) is 29.4 Å². The van der Waals surface area contributed by atoms with Crippen LogP contribution in [0.5, 0.6) is 5.75 Å². The molecule has 2 heterocycles. The van der Waals surface area contributed by atoms with E-state index < -0.39 is 64.6 Å². The van der Waals surface area contributed by atoms with Crippen molar-refractivity contribution in [1.29, 1.82) is 0 Å². The molecule has 3 aromatic rings. The smallest absolute Gasteiger partial charge is 0.305 e. The van der Waals surface area contributed by atoms with Crippen molar-refractivity contribution in [3.05, 3.63) is 105 Å². The van der Waals surface area contributed by atoms with Gasteiger partial charge in [-0.25, -0.2) is 4.90 Å². The van der Waals surface area contributed by atoms with Crippen molar-refractivity contribution in [2.45, 2.75) is 30.6 Å². The molecule has 0 bridgehead atoms. The standard InChI is InChI=1S/C35H28BrClN2O7/c36-19-9-12-27(40)25(15-19)30-22-10-11-23-29(33(45)38(31(23)43)14-13-28(41)42)24(22)17-26-32(44)39(21-8-4-7-20(37)16-21)34(46)35(26,30)18-5-2-1-3-6-18/h1-10,12,15-16,23-24,26,29-30,40H,11,13-14,17H2,(H,41,42). The van der Waals surface area contributed by atoms with Crippen LogP contribution in [0, 0.1) is 23.7 Å². The Bertz CT molecular complexity index is 1860. The molecule has 6 atom stereocenters.